The summed E-state index contributed by atoms with van der Waals surface area (Å²) in [5.41, 5.74) is 5.60. The second kappa shape index (κ2) is 11.6. The molecule has 8 rings (SSSR count). The minimum Gasteiger partial charge on any atom is -0.494 e. The van der Waals surface area contributed by atoms with E-state index >= 15 is 0 Å². The van der Waals surface area contributed by atoms with Crippen LogP contribution in [0.1, 0.15) is 25.8 Å². The number of carbonyl (C=O) groups excluding carboxylic acids is 1. The Bertz CT molecular complexity index is 1720. The molecule has 0 unspecified atom stereocenters. The van der Waals surface area contributed by atoms with E-state index in [0.29, 0.717) is 29.5 Å². The van der Waals surface area contributed by atoms with Gasteiger partial charge in [-0.2, -0.15) is 0 Å². The first-order valence-corrected chi connectivity index (χ1v) is 16.2. The second-order valence-electron chi connectivity index (χ2n) is 12.8. The number of carbonyl (C=O) groups is 1. The average molecular weight is 608 g/mol. The molecule has 0 bridgehead atoms. The van der Waals surface area contributed by atoms with Crippen molar-refractivity contribution in [3.8, 4) is 17.0 Å². The largest absolute Gasteiger partial charge is 0.494 e. The number of anilines is 4. The summed E-state index contributed by atoms with van der Waals surface area (Å²) in [7, 11) is 1.67. The highest BCUT2D eigenvalue weighted by molar-refractivity contribution is 5.96. The predicted molar refractivity (Wildman–Crippen MR) is 178 cm³/mol. The fourth-order valence-electron chi connectivity index (χ4n) is 7.02. The Morgan fingerprint density at radius 3 is 2.47 bits per heavy atom. The van der Waals surface area contributed by atoms with Gasteiger partial charge in [-0.25, -0.2) is 9.97 Å². The van der Waals surface area contributed by atoms with Gasteiger partial charge in [-0.15, -0.1) is 0 Å². The Kier molecular flexibility index (Phi) is 7.31. The van der Waals surface area contributed by atoms with E-state index in [1.54, 1.807) is 20.2 Å². The highest BCUT2D eigenvalue weighted by Gasteiger charge is 2.39. The molecule has 4 fully saturated rings. The van der Waals surface area contributed by atoms with Gasteiger partial charge in [-0.05, 0) is 31.0 Å². The average Bonchev–Trinajstić information content (AvgIpc) is 3.78. The van der Waals surface area contributed by atoms with Crippen LogP contribution in [0.4, 0.5) is 23.0 Å². The van der Waals surface area contributed by atoms with Crippen LogP contribution >= 0.6 is 0 Å². The lowest BCUT2D eigenvalue weighted by Gasteiger charge is -2.53. The summed E-state index contributed by atoms with van der Waals surface area (Å²) in [6.07, 6.45) is 6.45. The molecule has 11 nitrogen and oxygen atoms in total. The zero-order valence-corrected chi connectivity index (χ0v) is 26.0. The molecule has 1 amide bonds. The fourth-order valence-corrected chi connectivity index (χ4v) is 7.02. The van der Waals surface area contributed by atoms with Crippen LogP contribution in [0.3, 0.4) is 0 Å². The molecule has 45 heavy (non-hydrogen) atoms. The number of ether oxygens (including phenoxy) is 1. The highest BCUT2D eigenvalue weighted by atomic mass is 16.5. The van der Waals surface area contributed by atoms with Crippen molar-refractivity contribution in [1.82, 2.24) is 29.7 Å². The first-order valence-electron chi connectivity index (χ1n) is 16.2. The van der Waals surface area contributed by atoms with E-state index in [-0.39, 0.29) is 5.91 Å². The van der Waals surface area contributed by atoms with Crippen LogP contribution in [0.15, 0.2) is 54.9 Å². The summed E-state index contributed by atoms with van der Waals surface area (Å²) in [4.78, 5) is 29.4. The van der Waals surface area contributed by atoms with Crippen LogP contribution in [-0.2, 0) is 4.79 Å². The Morgan fingerprint density at radius 1 is 0.956 bits per heavy atom. The van der Waals surface area contributed by atoms with Gasteiger partial charge in [0.15, 0.2) is 0 Å². The van der Waals surface area contributed by atoms with Gasteiger partial charge in [0.25, 0.3) is 0 Å². The Balaban J connectivity index is 1.02. The number of likely N-dealkylation sites (tertiary alicyclic amines) is 1. The highest BCUT2D eigenvalue weighted by Crippen LogP contribution is 2.42. The molecular weight excluding hydrogens is 566 g/mol. The molecule has 1 aliphatic carbocycles. The third-order valence-corrected chi connectivity index (χ3v) is 9.83. The van der Waals surface area contributed by atoms with E-state index in [2.05, 4.69) is 70.7 Å². The number of amides is 1. The van der Waals surface area contributed by atoms with Crippen molar-refractivity contribution in [1.29, 1.82) is 0 Å². The number of piperazine rings is 1. The van der Waals surface area contributed by atoms with E-state index in [0.717, 1.165) is 67.9 Å². The maximum absolute atomic E-state index is 12.3. The molecule has 0 radical (unpaired) electrons. The molecule has 2 aromatic heterocycles. The van der Waals surface area contributed by atoms with Gasteiger partial charge in [0.2, 0.25) is 11.9 Å². The molecule has 3 aliphatic heterocycles. The molecule has 3 saturated heterocycles. The summed E-state index contributed by atoms with van der Waals surface area (Å²) in [5, 5.41) is 11.0. The molecule has 3 N–H and O–H groups in total. The summed E-state index contributed by atoms with van der Waals surface area (Å²) < 4.78 is 8.26. The number of hydrogen-bond donors (Lipinski definition) is 3. The van der Waals surface area contributed by atoms with E-state index in [9.17, 15) is 4.79 Å². The predicted octanol–water partition coefficient (Wildman–Crippen LogP) is 3.92. The first kappa shape index (κ1) is 28.3. The van der Waals surface area contributed by atoms with Gasteiger partial charge in [-0.3, -0.25) is 14.6 Å². The van der Waals surface area contributed by atoms with Crippen LogP contribution in [0.5, 0.6) is 5.75 Å². The molecule has 5 heterocycles. The number of rotatable bonds is 9. The van der Waals surface area contributed by atoms with Crippen molar-refractivity contribution < 1.29 is 9.53 Å². The van der Waals surface area contributed by atoms with Gasteiger partial charge >= 0.3 is 0 Å². The number of aromatic nitrogens is 3. The Labute approximate surface area is 263 Å². The quantitative estimate of drug-likeness (QED) is 0.261. The fraction of sp³-hybridized carbons (Fsp3) is 0.441. The van der Waals surface area contributed by atoms with Crippen LogP contribution in [0.2, 0.25) is 0 Å². The molecule has 234 valence electrons. The van der Waals surface area contributed by atoms with E-state index in [1.165, 1.54) is 36.8 Å². The lowest BCUT2D eigenvalue weighted by atomic mass is 10.00. The summed E-state index contributed by atoms with van der Waals surface area (Å²) in [6, 6.07) is 16.4. The van der Waals surface area contributed by atoms with Gasteiger partial charge in [0, 0.05) is 112 Å². The van der Waals surface area contributed by atoms with Gasteiger partial charge < -0.3 is 30.2 Å². The van der Waals surface area contributed by atoms with Crippen molar-refractivity contribution in [2.45, 2.75) is 37.9 Å². The van der Waals surface area contributed by atoms with Crippen molar-refractivity contribution in [2.75, 3.05) is 75.0 Å². The zero-order valence-electron chi connectivity index (χ0n) is 26.0. The number of hydrogen-bond acceptors (Lipinski definition) is 9. The zero-order chi connectivity index (χ0) is 30.5. The molecular formula is C34H41N9O2. The van der Waals surface area contributed by atoms with Gasteiger partial charge in [0.1, 0.15) is 5.75 Å². The number of fused-ring (bicyclic) bond motifs is 1. The normalized spacial score (nSPS) is 19.7. The SMILES string of the molecule is COc1cc(N2CCN(C3CN(C4CNC4)C3)CC2)c(NC(C)=O)cc1Nc1nccc(-c2cn(C3CC3)c3ccccc23)n1. The monoisotopic (exact) mass is 607 g/mol. The molecule has 11 heteroatoms. The second-order valence-corrected chi connectivity index (χ2v) is 12.8. The summed E-state index contributed by atoms with van der Waals surface area (Å²) in [5.74, 6) is 1.03. The minimum absolute atomic E-state index is 0.114. The van der Waals surface area contributed by atoms with Crippen LogP contribution in [0, 0.1) is 0 Å². The molecule has 2 aromatic carbocycles. The van der Waals surface area contributed by atoms with Crippen molar-refractivity contribution >= 4 is 39.8 Å². The Morgan fingerprint density at radius 2 is 1.76 bits per heavy atom. The summed E-state index contributed by atoms with van der Waals surface area (Å²) in [6.45, 7) is 9.93. The standard InChI is InChI=1S/C34H41N9O2/c1-22(44)37-29-15-30(33(45-2)16-32(29)41-13-11-40(12-14-41)25-19-42(20-25)24-17-35-18-24)39-34-36-10-9-28(38-34)27-21-43(23-7-8-23)31-6-4-3-5-26(27)31/h3-6,9-10,15-16,21,23-25,35H,7-8,11-14,17-20H2,1-2H3,(H,37,44)(H,36,38,39). The molecule has 4 aromatic rings. The number of methoxy groups -OCH3 is 1. The lowest BCUT2D eigenvalue weighted by molar-refractivity contribution is -0.114. The number of nitrogens with one attached hydrogen (secondary N) is 3. The maximum Gasteiger partial charge on any atom is 0.227 e. The number of benzene rings is 2. The van der Waals surface area contributed by atoms with E-state index < -0.39 is 0 Å². The van der Waals surface area contributed by atoms with Crippen LogP contribution < -0.4 is 25.6 Å². The van der Waals surface area contributed by atoms with Crippen LogP contribution in [-0.4, -0.2) is 102 Å². The lowest BCUT2D eigenvalue weighted by Crippen LogP contribution is -2.70. The maximum atomic E-state index is 12.3. The third kappa shape index (κ3) is 5.49. The molecule has 1 saturated carbocycles. The summed E-state index contributed by atoms with van der Waals surface area (Å²) >= 11 is 0. The molecule has 0 spiro atoms. The van der Waals surface area contributed by atoms with Crippen molar-refractivity contribution in [3.63, 3.8) is 0 Å². The van der Waals surface area contributed by atoms with Crippen molar-refractivity contribution in [2.24, 2.45) is 0 Å². The number of para-hydroxylation sites is 1. The van der Waals surface area contributed by atoms with Gasteiger partial charge in [0.05, 0.1) is 29.9 Å². The smallest absolute Gasteiger partial charge is 0.227 e. The molecule has 4 aliphatic rings. The topological polar surface area (TPSA) is 103 Å². The third-order valence-electron chi connectivity index (χ3n) is 9.83. The number of nitrogens with zero attached hydrogens (tertiary/aromatic N) is 6. The molecule has 0 atom stereocenters. The van der Waals surface area contributed by atoms with Gasteiger partial charge in [-0.1, -0.05) is 18.2 Å². The van der Waals surface area contributed by atoms with Crippen LogP contribution in [0.25, 0.3) is 22.2 Å². The van der Waals surface area contributed by atoms with Crippen molar-refractivity contribution in [3.05, 3.63) is 54.9 Å². The van der Waals surface area contributed by atoms with E-state index in [1.807, 2.05) is 18.2 Å². The minimum atomic E-state index is -0.114. The Hall–Kier alpha value is -4.19. The van der Waals surface area contributed by atoms with E-state index in [4.69, 9.17) is 9.72 Å². The first-order chi connectivity index (χ1) is 22.0.